The first-order valence-corrected chi connectivity index (χ1v) is 7.93. The quantitative estimate of drug-likeness (QED) is 0.431. The molecule has 0 amide bonds. The molecule has 0 radical (unpaired) electrons. The first kappa shape index (κ1) is 17.4. The third-order valence-electron chi connectivity index (χ3n) is 4.17. The van der Waals surface area contributed by atoms with Gasteiger partial charge >= 0.3 is 11.6 Å². The zero-order valence-electron chi connectivity index (χ0n) is 14.0. The molecule has 1 unspecified atom stereocenters. The number of para-hydroxylation sites is 1. The van der Waals surface area contributed by atoms with Crippen molar-refractivity contribution in [2.45, 2.75) is 12.3 Å². The first-order valence-electron chi connectivity index (χ1n) is 7.93. The topological polar surface area (TPSA) is 93.8 Å². The van der Waals surface area contributed by atoms with E-state index in [0.29, 0.717) is 10.9 Å². The maximum atomic E-state index is 12.5. The minimum absolute atomic E-state index is 0.0628. The van der Waals surface area contributed by atoms with Crippen LogP contribution in [0, 0.1) is 0 Å². The van der Waals surface area contributed by atoms with Gasteiger partial charge in [-0.05, 0) is 17.7 Å². The number of ether oxygens (including phenoxy) is 1. The van der Waals surface area contributed by atoms with Gasteiger partial charge in [0.05, 0.1) is 18.1 Å². The Morgan fingerprint density at radius 2 is 1.73 bits per heavy atom. The third-order valence-corrected chi connectivity index (χ3v) is 4.17. The van der Waals surface area contributed by atoms with Gasteiger partial charge in [0.15, 0.2) is 0 Å². The van der Waals surface area contributed by atoms with Crippen LogP contribution in [0.2, 0.25) is 0 Å². The average Bonchev–Trinajstić information content (AvgIpc) is 2.67. The number of ketones is 1. The highest BCUT2D eigenvalue weighted by Crippen LogP contribution is 2.36. The minimum atomic E-state index is -1.00. The van der Waals surface area contributed by atoms with Crippen molar-refractivity contribution in [3.05, 3.63) is 76.1 Å². The smallest absolute Gasteiger partial charge is 0.374 e. The Hall–Kier alpha value is -3.41. The largest absolute Gasteiger partial charge is 0.507 e. The monoisotopic (exact) mass is 352 g/mol. The summed E-state index contributed by atoms with van der Waals surface area (Å²) in [6, 6.07) is 15.2. The molecule has 0 bridgehead atoms. The van der Waals surface area contributed by atoms with Crippen molar-refractivity contribution in [1.82, 2.24) is 0 Å². The summed E-state index contributed by atoms with van der Waals surface area (Å²) in [7, 11) is 1.11. The lowest BCUT2D eigenvalue weighted by Crippen LogP contribution is -2.22. The van der Waals surface area contributed by atoms with Crippen molar-refractivity contribution in [2.24, 2.45) is 0 Å². The standard InChI is InChI=1S/C20H16O6/c1-25-19(23)15(21)11-14(12-7-3-2-4-8-12)17-18(22)13-9-5-6-10-16(13)26-20(17)24/h2-10,14,22H,11H2,1H3. The fraction of sp³-hybridized carbons (Fsp3) is 0.150. The van der Waals surface area contributed by atoms with Crippen LogP contribution in [-0.4, -0.2) is 24.0 Å². The molecule has 3 aromatic rings. The van der Waals surface area contributed by atoms with Crippen LogP contribution >= 0.6 is 0 Å². The molecular formula is C20H16O6. The highest BCUT2D eigenvalue weighted by Gasteiger charge is 2.29. The number of aromatic hydroxyl groups is 1. The molecule has 2 aromatic carbocycles. The second-order valence-corrected chi connectivity index (χ2v) is 5.73. The van der Waals surface area contributed by atoms with Crippen molar-refractivity contribution in [2.75, 3.05) is 7.11 Å². The zero-order chi connectivity index (χ0) is 18.7. The van der Waals surface area contributed by atoms with E-state index in [1.807, 2.05) is 0 Å². The molecule has 0 saturated heterocycles. The molecule has 6 nitrogen and oxygen atoms in total. The molecule has 0 fully saturated rings. The van der Waals surface area contributed by atoms with Gasteiger partial charge in [-0.25, -0.2) is 9.59 Å². The Morgan fingerprint density at radius 1 is 1.08 bits per heavy atom. The van der Waals surface area contributed by atoms with Crippen LogP contribution in [0.5, 0.6) is 5.75 Å². The Balaban J connectivity index is 2.19. The van der Waals surface area contributed by atoms with Crippen LogP contribution in [0.15, 0.2) is 63.8 Å². The van der Waals surface area contributed by atoms with Gasteiger partial charge in [0.1, 0.15) is 11.3 Å². The van der Waals surface area contributed by atoms with Gasteiger partial charge in [0.25, 0.3) is 0 Å². The number of rotatable bonds is 5. The molecule has 6 heteroatoms. The molecule has 3 rings (SSSR count). The summed E-state index contributed by atoms with van der Waals surface area (Å²) >= 11 is 0. The van der Waals surface area contributed by atoms with Crippen LogP contribution in [0.25, 0.3) is 11.0 Å². The maximum absolute atomic E-state index is 12.5. The lowest BCUT2D eigenvalue weighted by Gasteiger charge is -2.17. The van der Waals surface area contributed by atoms with E-state index in [9.17, 15) is 19.5 Å². The normalized spacial score (nSPS) is 11.9. The third kappa shape index (κ3) is 3.21. The van der Waals surface area contributed by atoms with E-state index in [4.69, 9.17) is 4.42 Å². The van der Waals surface area contributed by atoms with Gasteiger partial charge in [-0.3, -0.25) is 4.79 Å². The highest BCUT2D eigenvalue weighted by atomic mass is 16.5. The van der Waals surface area contributed by atoms with E-state index in [-0.39, 0.29) is 23.3 Å². The Bertz CT molecular complexity index is 1020. The summed E-state index contributed by atoms with van der Waals surface area (Å²) in [5.41, 5.74) is 0.0207. The van der Waals surface area contributed by atoms with Crippen LogP contribution in [-0.2, 0) is 14.3 Å². The van der Waals surface area contributed by atoms with Gasteiger partial charge in [-0.1, -0.05) is 42.5 Å². The predicted octanol–water partition coefficient (Wildman–Crippen LogP) is 2.76. The predicted molar refractivity (Wildman–Crippen MR) is 94.1 cm³/mol. The van der Waals surface area contributed by atoms with E-state index in [1.54, 1.807) is 54.6 Å². The fourth-order valence-corrected chi connectivity index (χ4v) is 2.91. The number of hydrogen-bond donors (Lipinski definition) is 1. The molecule has 0 aliphatic rings. The molecule has 1 aromatic heterocycles. The van der Waals surface area contributed by atoms with Crippen LogP contribution < -0.4 is 5.63 Å². The van der Waals surface area contributed by atoms with Crippen molar-refractivity contribution in [3.63, 3.8) is 0 Å². The molecule has 0 aliphatic heterocycles. The summed E-state index contributed by atoms with van der Waals surface area (Å²) in [5, 5.41) is 11.0. The number of methoxy groups -OCH3 is 1. The first-order chi connectivity index (χ1) is 12.5. The van der Waals surface area contributed by atoms with Crippen LogP contribution in [0.4, 0.5) is 0 Å². The van der Waals surface area contributed by atoms with E-state index in [2.05, 4.69) is 4.74 Å². The number of benzene rings is 2. The lowest BCUT2D eigenvalue weighted by molar-refractivity contribution is -0.151. The number of carbonyl (C=O) groups is 2. The summed E-state index contributed by atoms with van der Waals surface area (Å²) in [5.74, 6) is -2.91. The molecule has 0 aliphatic carbocycles. The van der Waals surface area contributed by atoms with Gasteiger partial charge in [0.2, 0.25) is 5.78 Å². The SMILES string of the molecule is COC(=O)C(=O)CC(c1ccccc1)c1c(O)c2ccccc2oc1=O. The fourth-order valence-electron chi connectivity index (χ4n) is 2.91. The molecule has 0 saturated carbocycles. The van der Waals surface area contributed by atoms with Crippen molar-refractivity contribution in [1.29, 1.82) is 0 Å². The van der Waals surface area contributed by atoms with Crippen molar-refractivity contribution < 1.29 is 23.8 Å². The van der Waals surface area contributed by atoms with Gasteiger partial charge in [0, 0.05) is 12.3 Å². The van der Waals surface area contributed by atoms with E-state index in [0.717, 1.165) is 7.11 Å². The maximum Gasteiger partial charge on any atom is 0.374 e. The van der Waals surface area contributed by atoms with E-state index >= 15 is 0 Å². The second-order valence-electron chi connectivity index (χ2n) is 5.73. The van der Waals surface area contributed by atoms with Gasteiger partial charge in [-0.15, -0.1) is 0 Å². The summed E-state index contributed by atoms with van der Waals surface area (Å²) in [6.07, 6.45) is -0.326. The van der Waals surface area contributed by atoms with E-state index in [1.165, 1.54) is 0 Å². The van der Waals surface area contributed by atoms with Gasteiger partial charge in [-0.2, -0.15) is 0 Å². The number of esters is 1. The molecule has 1 heterocycles. The van der Waals surface area contributed by atoms with Crippen LogP contribution in [0.3, 0.4) is 0 Å². The van der Waals surface area contributed by atoms with Crippen LogP contribution in [0.1, 0.15) is 23.5 Å². The summed E-state index contributed by atoms with van der Waals surface area (Å²) < 4.78 is 9.76. The Labute approximate surface area is 148 Å². The van der Waals surface area contributed by atoms with Crippen molar-refractivity contribution >= 4 is 22.7 Å². The number of fused-ring (bicyclic) bond motifs is 1. The Kier molecular flexibility index (Phi) is 4.84. The average molecular weight is 352 g/mol. The van der Waals surface area contributed by atoms with E-state index < -0.39 is 23.3 Å². The molecule has 132 valence electrons. The highest BCUT2D eigenvalue weighted by molar-refractivity contribution is 6.33. The molecule has 1 atom stereocenters. The Morgan fingerprint density at radius 3 is 2.42 bits per heavy atom. The number of hydrogen-bond acceptors (Lipinski definition) is 6. The number of Topliss-reactive ketones (excluding diaryl/α,β-unsaturated/α-hetero) is 1. The molecule has 0 spiro atoms. The molecular weight excluding hydrogens is 336 g/mol. The summed E-state index contributed by atoms with van der Waals surface area (Å²) in [6.45, 7) is 0. The van der Waals surface area contributed by atoms with Crippen molar-refractivity contribution in [3.8, 4) is 5.75 Å². The minimum Gasteiger partial charge on any atom is -0.507 e. The zero-order valence-corrected chi connectivity index (χ0v) is 14.0. The van der Waals surface area contributed by atoms with Gasteiger partial charge < -0.3 is 14.3 Å². The molecule has 26 heavy (non-hydrogen) atoms. The second kappa shape index (κ2) is 7.23. The number of carbonyl (C=O) groups excluding carboxylic acids is 2. The summed E-state index contributed by atoms with van der Waals surface area (Å²) in [4.78, 5) is 36.2. The lowest BCUT2D eigenvalue weighted by atomic mass is 9.87. The molecule has 1 N–H and O–H groups in total.